The standard InChI is InChI=1S/C17H15N3O/c21-17-15(12-11-13-7-3-1-4-8-13)19-20-16(18-17)14-9-5-2-6-10-14/h1-10H,11-12H2,(H,18,20,21). The van der Waals surface area contributed by atoms with Crippen LogP contribution in [0.3, 0.4) is 0 Å². The molecule has 4 heteroatoms. The van der Waals surface area contributed by atoms with Crippen molar-refractivity contribution in [3.8, 4) is 11.4 Å². The lowest BCUT2D eigenvalue weighted by Gasteiger charge is -2.02. The van der Waals surface area contributed by atoms with Crippen molar-refractivity contribution in [2.45, 2.75) is 12.8 Å². The van der Waals surface area contributed by atoms with Gasteiger partial charge in [0.1, 0.15) is 5.69 Å². The van der Waals surface area contributed by atoms with Gasteiger partial charge in [-0.1, -0.05) is 60.7 Å². The first kappa shape index (κ1) is 13.2. The largest absolute Gasteiger partial charge is 0.303 e. The van der Waals surface area contributed by atoms with Crippen LogP contribution in [-0.2, 0) is 12.8 Å². The lowest BCUT2D eigenvalue weighted by Crippen LogP contribution is -2.18. The zero-order valence-corrected chi connectivity index (χ0v) is 11.5. The highest BCUT2D eigenvalue weighted by atomic mass is 16.1. The van der Waals surface area contributed by atoms with Crippen molar-refractivity contribution in [1.82, 2.24) is 15.2 Å². The minimum absolute atomic E-state index is 0.167. The molecule has 0 aliphatic carbocycles. The maximum Gasteiger partial charge on any atom is 0.273 e. The Morgan fingerprint density at radius 3 is 2.14 bits per heavy atom. The third kappa shape index (κ3) is 3.23. The Balaban J connectivity index is 1.78. The van der Waals surface area contributed by atoms with Gasteiger partial charge in [-0.25, -0.2) is 0 Å². The molecule has 0 spiro atoms. The minimum Gasteiger partial charge on any atom is -0.303 e. The minimum atomic E-state index is -0.167. The molecule has 3 rings (SSSR count). The highest BCUT2D eigenvalue weighted by molar-refractivity contribution is 5.53. The van der Waals surface area contributed by atoms with E-state index in [9.17, 15) is 4.79 Å². The Morgan fingerprint density at radius 1 is 0.810 bits per heavy atom. The molecule has 0 saturated heterocycles. The quantitative estimate of drug-likeness (QED) is 0.797. The highest BCUT2D eigenvalue weighted by Gasteiger charge is 2.06. The number of nitrogens with zero attached hydrogens (tertiary/aromatic N) is 2. The Morgan fingerprint density at radius 2 is 1.48 bits per heavy atom. The summed E-state index contributed by atoms with van der Waals surface area (Å²) in [5.74, 6) is 0.504. The molecule has 0 atom stereocenters. The fourth-order valence-corrected chi connectivity index (χ4v) is 2.16. The molecule has 1 heterocycles. The topological polar surface area (TPSA) is 58.6 Å². The number of hydrogen-bond acceptors (Lipinski definition) is 3. The van der Waals surface area contributed by atoms with Crippen molar-refractivity contribution < 1.29 is 0 Å². The van der Waals surface area contributed by atoms with Gasteiger partial charge in [-0.15, -0.1) is 10.2 Å². The van der Waals surface area contributed by atoms with E-state index in [4.69, 9.17) is 0 Å². The predicted octanol–water partition coefficient (Wildman–Crippen LogP) is 2.62. The highest BCUT2D eigenvalue weighted by Crippen LogP contribution is 2.11. The average Bonchev–Trinajstić information content (AvgIpc) is 2.55. The summed E-state index contributed by atoms with van der Waals surface area (Å²) >= 11 is 0. The summed E-state index contributed by atoms with van der Waals surface area (Å²) in [5, 5.41) is 8.19. The third-order valence-electron chi connectivity index (χ3n) is 3.31. The second-order valence-electron chi connectivity index (χ2n) is 4.80. The van der Waals surface area contributed by atoms with Crippen LogP contribution in [0.5, 0.6) is 0 Å². The summed E-state index contributed by atoms with van der Waals surface area (Å²) in [6.45, 7) is 0. The molecule has 0 bridgehead atoms. The van der Waals surface area contributed by atoms with Gasteiger partial charge in [0.25, 0.3) is 5.56 Å². The first-order valence-corrected chi connectivity index (χ1v) is 6.88. The molecule has 1 aromatic heterocycles. The van der Waals surface area contributed by atoms with Crippen LogP contribution >= 0.6 is 0 Å². The van der Waals surface area contributed by atoms with E-state index in [2.05, 4.69) is 15.2 Å². The Hall–Kier alpha value is -2.75. The van der Waals surface area contributed by atoms with E-state index < -0.39 is 0 Å². The number of nitrogens with one attached hydrogen (secondary N) is 1. The summed E-state index contributed by atoms with van der Waals surface area (Å²) in [7, 11) is 0. The molecule has 0 radical (unpaired) electrons. The fraction of sp³-hybridized carbons (Fsp3) is 0.118. The van der Waals surface area contributed by atoms with Crippen LogP contribution in [0.4, 0.5) is 0 Å². The molecular formula is C17H15N3O. The van der Waals surface area contributed by atoms with Crippen molar-refractivity contribution >= 4 is 0 Å². The molecule has 104 valence electrons. The number of aryl methyl sites for hydroxylation is 2. The van der Waals surface area contributed by atoms with Crippen LogP contribution in [0.1, 0.15) is 11.3 Å². The van der Waals surface area contributed by atoms with Crippen LogP contribution in [0.15, 0.2) is 65.5 Å². The second-order valence-corrected chi connectivity index (χ2v) is 4.80. The monoisotopic (exact) mass is 277 g/mol. The van der Waals surface area contributed by atoms with Gasteiger partial charge < -0.3 is 4.98 Å². The average molecular weight is 277 g/mol. The van der Waals surface area contributed by atoms with E-state index in [1.54, 1.807) is 0 Å². The maximum atomic E-state index is 12.1. The first-order valence-electron chi connectivity index (χ1n) is 6.88. The third-order valence-corrected chi connectivity index (χ3v) is 3.31. The number of benzene rings is 2. The van der Waals surface area contributed by atoms with Gasteiger partial charge in [-0.2, -0.15) is 0 Å². The molecule has 0 unspecified atom stereocenters. The van der Waals surface area contributed by atoms with Crippen molar-refractivity contribution in [2.75, 3.05) is 0 Å². The van der Waals surface area contributed by atoms with Gasteiger partial charge in [0.15, 0.2) is 5.82 Å². The van der Waals surface area contributed by atoms with Gasteiger partial charge in [0.05, 0.1) is 0 Å². The van der Waals surface area contributed by atoms with Gasteiger partial charge in [0.2, 0.25) is 0 Å². The van der Waals surface area contributed by atoms with E-state index >= 15 is 0 Å². The lowest BCUT2D eigenvalue weighted by atomic mass is 10.1. The first-order chi connectivity index (χ1) is 10.3. The van der Waals surface area contributed by atoms with E-state index in [-0.39, 0.29) is 5.56 Å². The predicted molar refractivity (Wildman–Crippen MR) is 81.9 cm³/mol. The van der Waals surface area contributed by atoms with E-state index in [0.717, 1.165) is 12.0 Å². The van der Waals surface area contributed by atoms with Crippen LogP contribution in [0.25, 0.3) is 11.4 Å². The molecular weight excluding hydrogens is 262 g/mol. The molecule has 0 saturated carbocycles. The van der Waals surface area contributed by atoms with Gasteiger partial charge in [-0.05, 0) is 12.0 Å². The Kier molecular flexibility index (Phi) is 3.87. The molecule has 0 aliphatic heterocycles. The normalized spacial score (nSPS) is 10.5. The maximum absolute atomic E-state index is 12.1. The summed E-state index contributed by atoms with van der Waals surface area (Å²) in [6, 6.07) is 19.5. The molecule has 0 aliphatic rings. The molecule has 3 aromatic rings. The second kappa shape index (κ2) is 6.13. The summed E-state index contributed by atoms with van der Waals surface area (Å²) in [6.07, 6.45) is 1.37. The Labute approximate surface area is 122 Å². The zero-order chi connectivity index (χ0) is 14.5. The molecule has 0 amide bonds. The number of hydrogen-bond donors (Lipinski definition) is 1. The SMILES string of the molecule is O=c1[nH]c(-c2ccccc2)nnc1CCc1ccccc1. The van der Waals surface area contributed by atoms with Crippen molar-refractivity contribution in [2.24, 2.45) is 0 Å². The fourth-order valence-electron chi connectivity index (χ4n) is 2.16. The summed E-state index contributed by atoms with van der Waals surface area (Å²) < 4.78 is 0. The molecule has 1 N–H and O–H groups in total. The smallest absolute Gasteiger partial charge is 0.273 e. The number of aromatic nitrogens is 3. The number of aromatic amines is 1. The van der Waals surface area contributed by atoms with E-state index in [1.165, 1.54) is 5.56 Å². The molecule has 0 fully saturated rings. The van der Waals surface area contributed by atoms with Crippen LogP contribution in [0.2, 0.25) is 0 Å². The van der Waals surface area contributed by atoms with Crippen LogP contribution in [-0.4, -0.2) is 15.2 Å². The molecule has 21 heavy (non-hydrogen) atoms. The summed E-state index contributed by atoms with van der Waals surface area (Å²) in [4.78, 5) is 14.9. The van der Waals surface area contributed by atoms with Crippen LogP contribution < -0.4 is 5.56 Å². The van der Waals surface area contributed by atoms with Gasteiger partial charge >= 0.3 is 0 Å². The lowest BCUT2D eigenvalue weighted by molar-refractivity contribution is 0.817. The van der Waals surface area contributed by atoms with E-state index in [0.29, 0.717) is 17.9 Å². The number of rotatable bonds is 4. The van der Waals surface area contributed by atoms with Gasteiger partial charge in [0, 0.05) is 12.0 Å². The van der Waals surface area contributed by atoms with Crippen molar-refractivity contribution in [3.63, 3.8) is 0 Å². The van der Waals surface area contributed by atoms with E-state index in [1.807, 2.05) is 60.7 Å². The number of H-pyrrole nitrogens is 1. The van der Waals surface area contributed by atoms with Gasteiger partial charge in [-0.3, -0.25) is 4.79 Å². The zero-order valence-electron chi connectivity index (χ0n) is 11.5. The molecule has 4 nitrogen and oxygen atoms in total. The van der Waals surface area contributed by atoms with Crippen molar-refractivity contribution in [3.05, 3.63) is 82.3 Å². The van der Waals surface area contributed by atoms with Crippen LogP contribution in [0, 0.1) is 0 Å². The van der Waals surface area contributed by atoms with Crippen molar-refractivity contribution in [1.29, 1.82) is 0 Å². The Bertz CT molecular complexity index is 767. The summed E-state index contributed by atoms with van der Waals surface area (Å²) in [5.41, 5.74) is 2.35. The molecule has 2 aromatic carbocycles.